The second-order valence-corrected chi connectivity index (χ2v) is 12.1. The number of hydrogen-bond donors (Lipinski definition) is 3. The van der Waals surface area contributed by atoms with Gasteiger partial charge in [0.2, 0.25) is 5.91 Å². The lowest BCUT2D eigenvalue weighted by Gasteiger charge is -2.30. The van der Waals surface area contributed by atoms with Gasteiger partial charge >= 0.3 is 12.1 Å². The Morgan fingerprint density at radius 2 is 2.06 bits per heavy atom. The van der Waals surface area contributed by atoms with Crippen LogP contribution in [0.2, 0.25) is 0 Å². The third-order valence-corrected chi connectivity index (χ3v) is 7.90. The van der Waals surface area contributed by atoms with Gasteiger partial charge in [0, 0.05) is 37.4 Å². The molecule has 0 saturated carbocycles. The Bertz CT molecular complexity index is 1530. The second-order valence-electron chi connectivity index (χ2n) is 12.1. The normalized spacial score (nSPS) is 27.9. The van der Waals surface area contributed by atoms with Crippen LogP contribution in [0, 0.1) is 18.8 Å². The minimum Gasteiger partial charge on any atom is -0.460 e. The molecule has 0 aliphatic carbocycles. The molecule has 2 aliphatic heterocycles. The van der Waals surface area contributed by atoms with Crippen LogP contribution in [0.15, 0.2) is 57.2 Å². The first-order valence-electron chi connectivity index (χ1n) is 15.9. The van der Waals surface area contributed by atoms with Gasteiger partial charge in [0.15, 0.2) is 17.4 Å². The minimum atomic E-state index is -1.50. The Kier molecular flexibility index (Phi) is 12.7. The Morgan fingerprint density at radius 3 is 2.81 bits per heavy atom. The number of aliphatic hydroxyl groups excluding tert-OH is 1. The highest BCUT2D eigenvalue weighted by molar-refractivity contribution is 5.95. The van der Waals surface area contributed by atoms with E-state index in [1.165, 1.54) is 23.1 Å². The van der Waals surface area contributed by atoms with Crippen molar-refractivity contribution >= 4 is 29.7 Å². The number of alkyl halides is 1. The van der Waals surface area contributed by atoms with Crippen molar-refractivity contribution in [2.24, 2.45) is 11.8 Å². The van der Waals surface area contributed by atoms with Gasteiger partial charge in [-0.2, -0.15) is 0 Å². The highest BCUT2D eigenvalue weighted by Gasteiger charge is 2.39. The number of aliphatic hydroxyl groups is 1. The predicted octanol–water partition coefficient (Wildman–Crippen LogP) is 3.83. The number of rotatable bonds is 4. The Balaban J connectivity index is 1.54. The van der Waals surface area contributed by atoms with E-state index in [9.17, 15) is 28.7 Å². The summed E-state index contributed by atoms with van der Waals surface area (Å²) in [5, 5.41) is 19.2. The Morgan fingerprint density at radius 1 is 1.27 bits per heavy atom. The van der Waals surface area contributed by atoms with E-state index in [-0.39, 0.29) is 49.9 Å². The first-order valence-corrected chi connectivity index (χ1v) is 15.9. The number of allylic oxidation sites excluding steroid dienone is 2. The summed E-state index contributed by atoms with van der Waals surface area (Å²) in [5.74, 6) is -2.03. The molecule has 4 rings (SSSR count). The maximum atomic E-state index is 14.8. The number of nitrogens with zero attached hydrogens (tertiary/aromatic N) is 3. The molecule has 2 aliphatic rings. The number of nitrogens with one attached hydrogen (secondary N) is 2. The molecule has 15 heteroatoms. The molecule has 14 nitrogen and oxygen atoms in total. The average Bonchev–Trinajstić information content (AvgIpc) is 3.80. The number of carbonyl (C=O) groups is 4. The number of halogens is 1. The van der Waals surface area contributed by atoms with Crippen LogP contribution < -0.4 is 10.6 Å². The number of esters is 1. The van der Waals surface area contributed by atoms with Gasteiger partial charge in [0.1, 0.15) is 30.3 Å². The van der Waals surface area contributed by atoms with Crippen LogP contribution in [0.25, 0.3) is 0 Å². The molecule has 2 bridgehead atoms. The molecule has 2 aromatic heterocycles. The van der Waals surface area contributed by atoms with Crippen LogP contribution in [0.3, 0.4) is 0 Å². The fourth-order valence-electron chi connectivity index (χ4n) is 5.50. The molecule has 4 heterocycles. The fraction of sp³-hybridized carbons (Fsp3) is 0.515. The number of aromatic nitrogens is 2. The fourth-order valence-corrected chi connectivity index (χ4v) is 5.50. The van der Waals surface area contributed by atoms with Crippen molar-refractivity contribution < 1.29 is 47.1 Å². The van der Waals surface area contributed by atoms with Crippen LogP contribution >= 0.6 is 0 Å². The first-order chi connectivity index (χ1) is 22.9. The lowest BCUT2D eigenvalue weighted by Crippen LogP contribution is -2.44. The van der Waals surface area contributed by atoms with Crippen molar-refractivity contribution in [1.29, 1.82) is 0 Å². The van der Waals surface area contributed by atoms with E-state index in [1.807, 2.05) is 0 Å². The zero-order valence-electron chi connectivity index (χ0n) is 27.4. The number of fused-ring (bicyclic) bond motifs is 3. The Hall–Kier alpha value is -4.79. The van der Waals surface area contributed by atoms with Crippen LogP contribution in [0.1, 0.15) is 62.2 Å². The molecule has 2 aromatic rings. The summed E-state index contributed by atoms with van der Waals surface area (Å²) in [5.41, 5.74) is 0.590. The summed E-state index contributed by atoms with van der Waals surface area (Å²) in [6, 6.07) is 0.590. The molecule has 6 atom stereocenters. The SMILES string of the molecule is CC1=C\C(O)CC(F)Cc2nc(co2)C(=O)N2CCCC2C(=O)OC(C(C)COC(=O)Nc2cc(C)on2)C(C)/C=C/C(=O)NC\C=C\1. The summed E-state index contributed by atoms with van der Waals surface area (Å²) in [6.45, 7) is 7.19. The lowest BCUT2D eigenvalue weighted by atomic mass is 9.93. The molecule has 3 N–H and O–H groups in total. The molecule has 3 amide bonds. The largest absolute Gasteiger partial charge is 0.460 e. The number of ether oxygens (including phenoxy) is 2. The predicted molar refractivity (Wildman–Crippen MR) is 169 cm³/mol. The van der Waals surface area contributed by atoms with Gasteiger partial charge in [-0.05, 0) is 32.8 Å². The third kappa shape index (κ3) is 10.4. The smallest absolute Gasteiger partial charge is 0.412 e. The van der Waals surface area contributed by atoms with E-state index < -0.39 is 60.1 Å². The standard InChI is InChI=1S/C33H42FN5O9/c1-19-7-5-11-35-28(41)10-9-20(2)30(21(3)17-46-33(44)37-27-14-22(4)48-38-27)47-32(43)26-8-6-12-39(26)31(42)25-18-45-29(36-25)16-23(34)15-24(40)13-19/h5,7,9-10,13-14,18,20-21,23-24,26,30,40H,6,8,11-12,15-17H2,1-4H3,(H,35,41)(H,37,38,44)/b7-5+,10-9+,19-13+. The monoisotopic (exact) mass is 671 g/mol. The molecule has 0 radical (unpaired) electrons. The van der Waals surface area contributed by atoms with Gasteiger partial charge < -0.3 is 33.7 Å². The van der Waals surface area contributed by atoms with Gasteiger partial charge in [-0.3, -0.25) is 14.9 Å². The van der Waals surface area contributed by atoms with Crippen molar-refractivity contribution in [2.45, 2.75) is 77.8 Å². The zero-order chi connectivity index (χ0) is 34.8. The summed E-state index contributed by atoms with van der Waals surface area (Å²) < 4.78 is 36.4. The minimum absolute atomic E-state index is 0.0108. The van der Waals surface area contributed by atoms with Crippen LogP contribution in [0.5, 0.6) is 0 Å². The van der Waals surface area contributed by atoms with E-state index in [2.05, 4.69) is 20.8 Å². The number of carbonyl (C=O) groups excluding carboxylic acids is 4. The van der Waals surface area contributed by atoms with Crippen molar-refractivity contribution in [3.63, 3.8) is 0 Å². The highest BCUT2D eigenvalue weighted by atomic mass is 19.1. The van der Waals surface area contributed by atoms with Crippen molar-refractivity contribution in [2.75, 3.05) is 25.0 Å². The molecule has 6 unspecified atom stereocenters. The molecule has 1 fully saturated rings. The quantitative estimate of drug-likeness (QED) is 0.401. The summed E-state index contributed by atoms with van der Waals surface area (Å²) in [7, 11) is 0. The first kappa shape index (κ1) is 36.1. The van der Waals surface area contributed by atoms with Gasteiger partial charge in [0.05, 0.1) is 19.1 Å². The molecular weight excluding hydrogens is 629 g/mol. The number of hydrogen-bond acceptors (Lipinski definition) is 11. The maximum Gasteiger partial charge on any atom is 0.412 e. The van der Waals surface area contributed by atoms with Crippen molar-refractivity contribution in [3.05, 3.63) is 65.6 Å². The number of anilines is 1. The van der Waals surface area contributed by atoms with Crippen LogP contribution in [-0.4, -0.2) is 88.1 Å². The van der Waals surface area contributed by atoms with Crippen LogP contribution in [0.4, 0.5) is 15.0 Å². The van der Waals surface area contributed by atoms with Gasteiger partial charge in [-0.1, -0.05) is 48.9 Å². The molecule has 0 aromatic carbocycles. The lowest BCUT2D eigenvalue weighted by molar-refractivity contribution is -0.159. The molecule has 1 saturated heterocycles. The summed E-state index contributed by atoms with van der Waals surface area (Å²) >= 11 is 0. The molecule has 260 valence electrons. The van der Waals surface area contributed by atoms with Gasteiger partial charge in [0.25, 0.3) is 5.91 Å². The van der Waals surface area contributed by atoms with E-state index >= 15 is 0 Å². The molecule has 48 heavy (non-hydrogen) atoms. The van der Waals surface area contributed by atoms with Gasteiger partial charge in [-0.25, -0.2) is 19.0 Å². The Labute approximate surface area is 277 Å². The average molecular weight is 672 g/mol. The number of amides is 3. The van der Waals surface area contributed by atoms with E-state index in [0.29, 0.717) is 24.2 Å². The summed E-state index contributed by atoms with van der Waals surface area (Å²) in [4.78, 5) is 57.5. The van der Waals surface area contributed by atoms with E-state index in [1.54, 1.807) is 45.9 Å². The number of aryl methyl sites for hydroxylation is 1. The topological polar surface area (TPSA) is 186 Å². The number of oxazole rings is 1. The zero-order valence-corrected chi connectivity index (χ0v) is 27.4. The van der Waals surface area contributed by atoms with E-state index in [4.69, 9.17) is 18.4 Å². The second kappa shape index (κ2) is 16.9. The number of cyclic esters (lactones) is 1. The van der Waals surface area contributed by atoms with Crippen molar-refractivity contribution in [3.8, 4) is 0 Å². The van der Waals surface area contributed by atoms with Crippen molar-refractivity contribution in [1.82, 2.24) is 20.4 Å². The molecular formula is C33H42FN5O9. The van der Waals surface area contributed by atoms with E-state index in [0.717, 1.165) is 6.26 Å². The highest BCUT2D eigenvalue weighted by Crippen LogP contribution is 2.26. The molecule has 0 spiro atoms. The maximum absolute atomic E-state index is 14.8. The van der Waals surface area contributed by atoms with Crippen LogP contribution in [-0.2, 0) is 25.5 Å². The third-order valence-electron chi connectivity index (χ3n) is 7.90. The summed E-state index contributed by atoms with van der Waals surface area (Å²) in [6.07, 6.45) is 5.08. The van der Waals surface area contributed by atoms with Gasteiger partial charge in [-0.15, -0.1) is 0 Å².